The molecule has 0 saturated carbocycles. The van der Waals surface area contributed by atoms with Crippen molar-refractivity contribution in [2.24, 2.45) is 5.73 Å². The zero-order valence-corrected chi connectivity index (χ0v) is 11.7. The molecule has 3 rings (SSSR count). The Morgan fingerprint density at radius 3 is 2.86 bits per heavy atom. The Bertz CT molecular complexity index is 732. The van der Waals surface area contributed by atoms with Crippen molar-refractivity contribution in [1.82, 2.24) is 9.38 Å². The molecule has 0 amide bonds. The first-order chi connectivity index (χ1) is 9.93. The number of imidazole rings is 1. The molecule has 0 aliphatic heterocycles. The number of halogens is 3. The maximum Gasteiger partial charge on any atom is 0.416 e. The predicted molar refractivity (Wildman–Crippen MR) is 75.1 cm³/mol. The van der Waals surface area contributed by atoms with E-state index in [1.165, 1.54) is 17.4 Å². The highest BCUT2D eigenvalue weighted by atomic mass is 32.1. The molecule has 1 unspecified atom stereocenters. The Hall–Kier alpha value is -1.86. The normalized spacial score (nSPS) is 13.7. The molecule has 3 aromatic rings. The monoisotopic (exact) mass is 311 g/mol. The lowest BCUT2D eigenvalue weighted by molar-refractivity contribution is -0.137. The van der Waals surface area contributed by atoms with Gasteiger partial charge < -0.3 is 5.73 Å². The highest BCUT2D eigenvalue weighted by Gasteiger charge is 2.30. The molecule has 0 spiro atoms. The number of nitrogens with two attached hydrogens (primary N) is 1. The number of rotatable bonds is 3. The summed E-state index contributed by atoms with van der Waals surface area (Å²) in [7, 11) is 0. The number of nitrogens with zero attached hydrogens (tertiary/aromatic N) is 2. The molecule has 0 fully saturated rings. The minimum atomic E-state index is -4.35. The number of fused-ring (bicyclic) bond motifs is 1. The molecule has 0 bridgehead atoms. The summed E-state index contributed by atoms with van der Waals surface area (Å²) in [6, 6.07) is 4.62. The standard InChI is InChI=1S/C14H12F3N3S/c15-14(16,17)10-3-1-2-9(6-10)12(18)7-11-8-20-4-5-21-13(20)19-11/h1-6,8,12H,7,18H2. The van der Waals surface area contributed by atoms with Crippen molar-refractivity contribution in [1.29, 1.82) is 0 Å². The molecule has 0 saturated heterocycles. The van der Waals surface area contributed by atoms with E-state index in [9.17, 15) is 13.2 Å². The second kappa shape index (κ2) is 5.16. The van der Waals surface area contributed by atoms with Crippen LogP contribution in [0.25, 0.3) is 4.96 Å². The quantitative estimate of drug-likeness (QED) is 0.802. The van der Waals surface area contributed by atoms with Gasteiger partial charge in [0.25, 0.3) is 0 Å². The van der Waals surface area contributed by atoms with Gasteiger partial charge in [-0.15, -0.1) is 11.3 Å². The first kappa shape index (κ1) is 14.1. The van der Waals surface area contributed by atoms with Gasteiger partial charge in [-0.05, 0) is 17.7 Å². The van der Waals surface area contributed by atoms with E-state index in [4.69, 9.17) is 5.73 Å². The van der Waals surface area contributed by atoms with Crippen LogP contribution in [0.3, 0.4) is 0 Å². The second-order valence-corrected chi connectivity index (χ2v) is 5.63. The van der Waals surface area contributed by atoms with Crippen LogP contribution in [0.2, 0.25) is 0 Å². The van der Waals surface area contributed by atoms with Crippen LogP contribution >= 0.6 is 11.3 Å². The summed E-state index contributed by atoms with van der Waals surface area (Å²) in [4.78, 5) is 5.24. The number of hydrogen-bond acceptors (Lipinski definition) is 3. The van der Waals surface area contributed by atoms with Crippen LogP contribution in [0.1, 0.15) is 22.9 Å². The summed E-state index contributed by atoms with van der Waals surface area (Å²) in [5.41, 5.74) is 6.57. The van der Waals surface area contributed by atoms with Crippen molar-refractivity contribution in [3.63, 3.8) is 0 Å². The van der Waals surface area contributed by atoms with Crippen LogP contribution in [-0.2, 0) is 12.6 Å². The largest absolute Gasteiger partial charge is 0.416 e. The van der Waals surface area contributed by atoms with Crippen LogP contribution in [0.4, 0.5) is 13.2 Å². The molecule has 1 atom stereocenters. The Morgan fingerprint density at radius 2 is 2.14 bits per heavy atom. The van der Waals surface area contributed by atoms with Crippen molar-refractivity contribution < 1.29 is 13.2 Å². The van der Waals surface area contributed by atoms with Crippen LogP contribution in [0.5, 0.6) is 0 Å². The number of thiazole rings is 1. The van der Waals surface area contributed by atoms with Gasteiger partial charge in [0.05, 0.1) is 11.3 Å². The number of alkyl halides is 3. The first-order valence-corrected chi connectivity index (χ1v) is 7.15. The average Bonchev–Trinajstić information content (AvgIpc) is 2.98. The maximum absolute atomic E-state index is 12.7. The lowest BCUT2D eigenvalue weighted by Gasteiger charge is -2.13. The van der Waals surface area contributed by atoms with Crippen LogP contribution < -0.4 is 5.73 Å². The summed E-state index contributed by atoms with van der Waals surface area (Å²) in [6.07, 6.45) is -0.228. The third-order valence-electron chi connectivity index (χ3n) is 3.21. The van der Waals surface area contributed by atoms with Crippen molar-refractivity contribution in [2.75, 3.05) is 0 Å². The fourth-order valence-corrected chi connectivity index (χ4v) is 2.88. The molecule has 3 nitrogen and oxygen atoms in total. The van der Waals surface area contributed by atoms with Gasteiger partial charge in [-0.1, -0.05) is 12.1 Å². The molecular formula is C14H12F3N3S. The Balaban J connectivity index is 1.81. The maximum atomic E-state index is 12.7. The lowest BCUT2D eigenvalue weighted by atomic mass is 10.0. The summed E-state index contributed by atoms with van der Waals surface area (Å²) >= 11 is 1.50. The van der Waals surface area contributed by atoms with Crippen molar-refractivity contribution >= 4 is 16.3 Å². The van der Waals surface area contributed by atoms with Crippen LogP contribution in [-0.4, -0.2) is 9.38 Å². The molecule has 2 aromatic heterocycles. The summed E-state index contributed by atoms with van der Waals surface area (Å²) in [5, 5.41) is 1.92. The third-order valence-corrected chi connectivity index (χ3v) is 3.99. The molecule has 7 heteroatoms. The third kappa shape index (κ3) is 2.93. The summed E-state index contributed by atoms with van der Waals surface area (Å²) < 4.78 is 40.0. The minimum absolute atomic E-state index is 0.399. The summed E-state index contributed by atoms with van der Waals surface area (Å²) in [6.45, 7) is 0. The average molecular weight is 311 g/mol. The molecule has 0 aliphatic carbocycles. The molecular weight excluding hydrogens is 299 g/mol. The van der Waals surface area contributed by atoms with Gasteiger partial charge in [0.15, 0.2) is 4.96 Å². The molecule has 2 N–H and O–H groups in total. The van der Waals surface area contributed by atoms with Crippen molar-refractivity contribution in [3.8, 4) is 0 Å². The van der Waals surface area contributed by atoms with Gasteiger partial charge in [-0.25, -0.2) is 4.98 Å². The zero-order chi connectivity index (χ0) is 15.0. The van der Waals surface area contributed by atoms with Crippen molar-refractivity contribution in [3.05, 3.63) is 58.9 Å². The molecule has 1 aromatic carbocycles. The van der Waals surface area contributed by atoms with E-state index in [0.29, 0.717) is 12.0 Å². The fraction of sp³-hybridized carbons (Fsp3) is 0.214. The van der Waals surface area contributed by atoms with E-state index < -0.39 is 17.8 Å². The molecule has 0 aliphatic rings. The number of aromatic nitrogens is 2. The van der Waals surface area contributed by atoms with E-state index in [2.05, 4.69) is 4.98 Å². The van der Waals surface area contributed by atoms with Crippen molar-refractivity contribution in [2.45, 2.75) is 18.6 Å². The Morgan fingerprint density at radius 1 is 1.33 bits per heavy atom. The molecule has 0 radical (unpaired) electrons. The van der Waals surface area contributed by atoms with Crippen LogP contribution in [0.15, 0.2) is 42.0 Å². The number of benzene rings is 1. The van der Waals surface area contributed by atoms with Gasteiger partial charge in [0.2, 0.25) is 0 Å². The van der Waals surface area contributed by atoms with E-state index in [-0.39, 0.29) is 0 Å². The predicted octanol–water partition coefficient (Wildman–Crippen LogP) is 3.66. The van der Waals surface area contributed by atoms with Crippen LogP contribution in [0, 0.1) is 0 Å². The second-order valence-electron chi connectivity index (χ2n) is 4.76. The molecule has 110 valence electrons. The van der Waals surface area contributed by atoms with Gasteiger partial charge in [-0.3, -0.25) is 4.40 Å². The Kier molecular flexibility index (Phi) is 3.46. The van der Waals surface area contributed by atoms with Gasteiger partial charge in [-0.2, -0.15) is 13.2 Å². The number of hydrogen-bond donors (Lipinski definition) is 1. The van der Waals surface area contributed by atoms with E-state index in [1.807, 2.05) is 22.2 Å². The summed E-state index contributed by atoms with van der Waals surface area (Å²) in [5.74, 6) is 0. The van der Waals surface area contributed by atoms with E-state index in [1.54, 1.807) is 6.07 Å². The highest BCUT2D eigenvalue weighted by molar-refractivity contribution is 7.15. The topological polar surface area (TPSA) is 43.3 Å². The molecule has 21 heavy (non-hydrogen) atoms. The first-order valence-electron chi connectivity index (χ1n) is 6.27. The Labute approximate surface area is 122 Å². The SMILES string of the molecule is NC(Cc1cn2ccsc2n1)c1cccc(C(F)(F)F)c1. The minimum Gasteiger partial charge on any atom is -0.324 e. The van der Waals surface area contributed by atoms with Gasteiger partial charge >= 0.3 is 6.18 Å². The van der Waals surface area contributed by atoms with Gasteiger partial charge in [0, 0.05) is 30.2 Å². The highest BCUT2D eigenvalue weighted by Crippen LogP contribution is 2.31. The molecule has 2 heterocycles. The van der Waals surface area contributed by atoms with E-state index >= 15 is 0 Å². The van der Waals surface area contributed by atoms with E-state index in [0.717, 1.165) is 22.8 Å². The fourth-order valence-electron chi connectivity index (χ4n) is 2.16. The zero-order valence-electron chi connectivity index (χ0n) is 10.8. The van der Waals surface area contributed by atoms with Gasteiger partial charge in [0.1, 0.15) is 0 Å². The lowest BCUT2D eigenvalue weighted by Crippen LogP contribution is -2.15. The smallest absolute Gasteiger partial charge is 0.324 e.